The Morgan fingerprint density at radius 3 is 2.35 bits per heavy atom. The van der Waals surface area contributed by atoms with Gasteiger partial charge in [-0.05, 0) is 50.4 Å². The minimum Gasteiger partial charge on any atom is -0.379 e. The highest BCUT2D eigenvalue weighted by molar-refractivity contribution is 5.79. The third-order valence-corrected chi connectivity index (χ3v) is 6.07. The number of halogens is 3. The fraction of sp³-hybridized carbons (Fsp3) is 0.938. The van der Waals surface area contributed by atoms with Crippen molar-refractivity contribution in [3.8, 4) is 0 Å². The summed E-state index contributed by atoms with van der Waals surface area (Å²) >= 11 is 0. The third kappa shape index (κ3) is 3.09. The predicted molar refractivity (Wildman–Crippen MR) is 78.3 cm³/mol. The molecule has 3 aliphatic rings. The normalized spacial score (nSPS) is 41.7. The first-order valence-corrected chi connectivity index (χ1v) is 8.55. The maximum absolute atomic E-state index is 13.0. The fourth-order valence-electron chi connectivity index (χ4n) is 4.70. The van der Waals surface area contributed by atoms with Crippen LogP contribution in [0.4, 0.5) is 13.2 Å². The minimum absolute atomic E-state index is 0.126. The van der Waals surface area contributed by atoms with Gasteiger partial charge >= 0.3 is 6.18 Å². The van der Waals surface area contributed by atoms with Gasteiger partial charge in [0.1, 0.15) is 0 Å². The molecule has 3 unspecified atom stereocenters. The van der Waals surface area contributed by atoms with Crippen molar-refractivity contribution in [1.29, 1.82) is 0 Å². The van der Waals surface area contributed by atoms with E-state index in [1.54, 1.807) is 0 Å². The van der Waals surface area contributed by atoms with Gasteiger partial charge in [-0.25, -0.2) is 0 Å². The summed E-state index contributed by atoms with van der Waals surface area (Å²) < 4.78 is 39.1. The van der Waals surface area contributed by atoms with Crippen LogP contribution in [0.15, 0.2) is 0 Å². The molecular weight excluding hydrogens is 309 g/mol. The van der Waals surface area contributed by atoms with Crippen molar-refractivity contribution in [2.45, 2.75) is 62.8 Å². The quantitative estimate of drug-likeness (QED) is 0.771. The number of carbonyl (C=O) groups excluding carboxylic acids is 1. The van der Waals surface area contributed by atoms with E-state index < -0.39 is 18.3 Å². The molecule has 132 valence electrons. The van der Waals surface area contributed by atoms with Crippen molar-refractivity contribution >= 4 is 5.91 Å². The number of amides is 1. The van der Waals surface area contributed by atoms with Gasteiger partial charge in [-0.2, -0.15) is 13.2 Å². The Kier molecular flexibility index (Phi) is 4.38. The fourth-order valence-corrected chi connectivity index (χ4v) is 4.70. The zero-order valence-corrected chi connectivity index (χ0v) is 13.2. The summed E-state index contributed by atoms with van der Waals surface area (Å²) in [6, 6.07) is 0.126. The number of hydrogen-bond donors (Lipinski definition) is 2. The average molecular weight is 334 g/mol. The monoisotopic (exact) mass is 334 g/mol. The Balaban J connectivity index is 1.68. The van der Waals surface area contributed by atoms with E-state index in [2.05, 4.69) is 0 Å². The standard InChI is InChI=1S/C16H25F3N2O2/c17-16(18,19)15(23)5-2-6-21(9-15)14(22)12-7-10-3-1-4-11(8-12)13(10)20/h10-13,23H,1-9,20H2. The van der Waals surface area contributed by atoms with E-state index in [9.17, 15) is 23.1 Å². The number of alkyl halides is 3. The molecule has 0 aromatic rings. The number of nitrogens with zero attached hydrogens (tertiary/aromatic N) is 1. The first-order chi connectivity index (χ1) is 10.7. The first kappa shape index (κ1) is 17.0. The highest BCUT2D eigenvalue weighted by atomic mass is 19.4. The smallest absolute Gasteiger partial charge is 0.379 e. The van der Waals surface area contributed by atoms with Crippen LogP contribution in [0, 0.1) is 17.8 Å². The van der Waals surface area contributed by atoms with E-state index in [0.717, 1.165) is 19.3 Å². The Morgan fingerprint density at radius 2 is 1.78 bits per heavy atom. The molecule has 0 radical (unpaired) electrons. The van der Waals surface area contributed by atoms with Gasteiger partial charge < -0.3 is 15.7 Å². The molecule has 0 spiro atoms. The molecule has 0 aromatic heterocycles. The van der Waals surface area contributed by atoms with Gasteiger partial charge in [-0.15, -0.1) is 0 Å². The first-order valence-electron chi connectivity index (χ1n) is 8.55. The van der Waals surface area contributed by atoms with E-state index in [4.69, 9.17) is 5.73 Å². The maximum atomic E-state index is 13.0. The lowest BCUT2D eigenvalue weighted by molar-refractivity contribution is -0.273. The molecule has 1 aliphatic heterocycles. The molecule has 7 heteroatoms. The van der Waals surface area contributed by atoms with Crippen molar-refractivity contribution in [1.82, 2.24) is 4.90 Å². The van der Waals surface area contributed by atoms with Crippen LogP contribution in [0.1, 0.15) is 44.9 Å². The van der Waals surface area contributed by atoms with Crippen molar-refractivity contribution in [3.05, 3.63) is 0 Å². The van der Waals surface area contributed by atoms with Crippen molar-refractivity contribution in [2.24, 2.45) is 23.5 Å². The van der Waals surface area contributed by atoms with Crippen LogP contribution in [0.5, 0.6) is 0 Å². The number of fused-ring (bicyclic) bond motifs is 2. The molecule has 3 N–H and O–H groups in total. The number of aliphatic hydroxyl groups is 1. The molecule has 2 bridgehead atoms. The molecule has 2 aliphatic carbocycles. The van der Waals surface area contributed by atoms with Crippen molar-refractivity contribution < 1.29 is 23.1 Å². The van der Waals surface area contributed by atoms with Gasteiger partial charge in [0.25, 0.3) is 0 Å². The third-order valence-electron chi connectivity index (χ3n) is 6.07. The Bertz CT molecular complexity index is 457. The number of carbonyl (C=O) groups is 1. The van der Waals surface area contributed by atoms with Gasteiger partial charge in [-0.1, -0.05) is 6.42 Å². The van der Waals surface area contributed by atoms with Gasteiger partial charge in [0, 0.05) is 18.5 Å². The summed E-state index contributed by atoms with van der Waals surface area (Å²) in [6.07, 6.45) is -0.350. The summed E-state index contributed by atoms with van der Waals surface area (Å²) in [5, 5.41) is 9.89. The molecule has 1 amide bonds. The zero-order chi connectivity index (χ0) is 16.8. The molecule has 1 saturated heterocycles. The van der Waals surface area contributed by atoms with E-state index in [1.807, 2.05) is 0 Å². The van der Waals surface area contributed by atoms with Crippen molar-refractivity contribution in [2.75, 3.05) is 13.1 Å². The molecule has 3 fully saturated rings. The highest BCUT2D eigenvalue weighted by Crippen LogP contribution is 2.43. The number of β-amino-alcohol motifs (C(OH)–C–C–N with tert-alkyl or cyclic N) is 1. The van der Waals surface area contributed by atoms with Crippen LogP contribution in [0.3, 0.4) is 0 Å². The van der Waals surface area contributed by atoms with E-state index in [1.165, 1.54) is 4.90 Å². The number of rotatable bonds is 1. The topological polar surface area (TPSA) is 66.6 Å². The van der Waals surface area contributed by atoms with E-state index in [0.29, 0.717) is 31.2 Å². The van der Waals surface area contributed by atoms with Gasteiger partial charge in [-0.3, -0.25) is 4.79 Å². The maximum Gasteiger partial charge on any atom is 0.418 e. The second-order valence-electron chi connectivity index (χ2n) is 7.59. The van der Waals surface area contributed by atoms with Crippen LogP contribution in [0.25, 0.3) is 0 Å². The van der Waals surface area contributed by atoms with E-state index >= 15 is 0 Å². The summed E-state index contributed by atoms with van der Waals surface area (Å²) in [5.74, 6) is 0.155. The number of likely N-dealkylation sites (tertiary alicyclic amines) is 1. The molecule has 0 aromatic carbocycles. The van der Waals surface area contributed by atoms with E-state index in [-0.39, 0.29) is 30.7 Å². The molecular formula is C16H25F3N2O2. The molecule has 3 atom stereocenters. The number of hydrogen-bond acceptors (Lipinski definition) is 3. The molecule has 23 heavy (non-hydrogen) atoms. The second kappa shape index (κ2) is 5.92. The Morgan fingerprint density at radius 1 is 1.17 bits per heavy atom. The summed E-state index contributed by atoms with van der Waals surface area (Å²) in [5.41, 5.74) is 3.45. The molecule has 2 saturated carbocycles. The molecule has 3 rings (SSSR count). The lowest BCUT2D eigenvalue weighted by atomic mass is 9.65. The van der Waals surface area contributed by atoms with Crippen molar-refractivity contribution in [3.63, 3.8) is 0 Å². The Labute approximate surface area is 134 Å². The lowest BCUT2D eigenvalue weighted by Gasteiger charge is -2.46. The van der Waals surface area contributed by atoms with Gasteiger partial charge in [0.2, 0.25) is 5.91 Å². The van der Waals surface area contributed by atoms with Gasteiger partial charge in [0.05, 0.1) is 6.54 Å². The van der Waals surface area contributed by atoms with Gasteiger partial charge in [0.15, 0.2) is 5.60 Å². The largest absolute Gasteiger partial charge is 0.418 e. The lowest BCUT2D eigenvalue weighted by Crippen LogP contribution is -2.59. The van der Waals surface area contributed by atoms with Crippen LogP contribution >= 0.6 is 0 Å². The molecule has 1 heterocycles. The Hall–Kier alpha value is -0.820. The average Bonchev–Trinajstić information content (AvgIpc) is 2.45. The van der Waals surface area contributed by atoms with Crippen LogP contribution in [0.2, 0.25) is 0 Å². The second-order valence-corrected chi connectivity index (χ2v) is 7.59. The predicted octanol–water partition coefficient (Wildman–Crippen LogP) is 2.06. The summed E-state index contributed by atoms with van der Waals surface area (Å²) in [6.45, 7) is -0.331. The van der Waals surface area contributed by atoms with Crippen LogP contribution in [-0.4, -0.2) is 46.8 Å². The number of piperidine rings is 1. The van der Waals surface area contributed by atoms with Crippen LogP contribution in [-0.2, 0) is 4.79 Å². The SMILES string of the molecule is NC1C2CCCC1CC(C(=O)N1CCCC(O)(C(F)(F)F)C1)C2. The van der Waals surface area contributed by atoms with Crippen LogP contribution < -0.4 is 5.73 Å². The summed E-state index contributed by atoms with van der Waals surface area (Å²) in [4.78, 5) is 13.9. The zero-order valence-electron chi connectivity index (χ0n) is 13.2. The number of nitrogens with two attached hydrogens (primary N) is 1. The molecule has 4 nitrogen and oxygen atoms in total. The minimum atomic E-state index is -4.70. The highest BCUT2D eigenvalue weighted by Gasteiger charge is 2.56. The summed E-state index contributed by atoms with van der Waals surface area (Å²) in [7, 11) is 0.